The van der Waals surface area contributed by atoms with Gasteiger partial charge in [-0.3, -0.25) is 9.59 Å². The van der Waals surface area contributed by atoms with E-state index in [0.29, 0.717) is 60.6 Å². The van der Waals surface area contributed by atoms with Crippen LogP contribution in [-0.2, 0) is 9.53 Å². The van der Waals surface area contributed by atoms with Crippen LogP contribution in [0.2, 0.25) is 0 Å². The van der Waals surface area contributed by atoms with Crippen molar-refractivity contribution in [3.05, 3.63) is 75.7 Å². The number of hydrogen-bond donors (Lipinski definition) is 2. The van der Waals surface area contributed by atoms with Crippen LogP contribution in [0.5, 0.6) is 5.75 Å². The third kappa shape index (κ3) is 7.60. The number of fused-ring (bicyclic) bond motifs is 1. The molecule has 0 spiro atoms. The minimum Gasteiger partial charge on any atom is -0.507 e. The van der Waals surface area contributed by atoms with Gasteiger partial charge in [-0.1, -0.05) is 51.7 Å². The first-order chi connectivity index (χ1) is 21.8. The molecule has 2 N–H and O–H groups in total. The second kappa shape index (κ2) is 14.5. The largest absolute Gasteiger partial charge is 0.507 e. The third-order valence-electron chi connectivity index (χ3n) is 8.37. The van der Waals surface area contributed by atoms with Crippen LogP contribution in [0.1, 0.15) is 64.1 Å². The van der Waals surface area contributed by atoms with E-state index in [-0.39, 0.29) is 17.0 Å². The van der Waals surface area contributed by atoms with Crippen LogP contribution in [0.25, 0.3) is 28.2 Å². The molecular formula is C36H42N4O5. The Morgan fingerprint density at radius 3 is 2.58 bits per heavy atom. The van der Waals surface area contributed by atoms with Gasteiger partial charge in [-0.2, -0.15) is 0 Å². The van der Waals surface area contributed by atoms with Crippen molar-refractivity contribution in [2.45, 2.75) is 59.8 Å². The summed E-state index contributed by atoms with van der Waals surface area (Å²) in [5.74, 6) is 1.58. The van der Waals surface area contributed by atoms with Gasteiger partial charge in [0.25, 0.3) is 0 Å². The number of anilines is 3. The highest BCUT2D eigenvalue weighted by Crippen LogP contribution is 2.35. The molecule has 1 saturated heterocycles. The summed E-state index contributed by atoms with van der Waals surface area (Å²) >= 11 is 0. The lowest BCUT2D eigenvalue weighted by Crippen LogP contribution is -2.36. The molecule has 6 rings (SSSR count). The predicted octanol–water partition coefficient (Wildman–Crippen LogP) is 7.42. The van der Waals surface area contributed by atoms with Crippen molar-refractivity contribution in [3.8, 4) is 16.9 Å². The number of phenolic OH excluding ortho intramolecular Hbond substituents is 1. The number of aromatic nitrogens is 2. The number of morpholine rings is 1. The number of rotatable bonds is 8. The van der Waals surface area contributed by atoms with E-state index >= 15 is 0 Å². The van der Waals surface area contributed by atoms with Crippen molar-refractivity contribution in [2.24, 2.45) is 5.92 Å². The molecule has 0 unspecified atom stereocenters. The first-order valence-electron chi connectivity index (χ1n) is 15.9. The molecule has 9 nitrogen and oxygen atoms in total. The summed E-state index contributed by atoms with van der Waals surface area (Å²) in [5.41, 5.74) is 4.64. The highest BCUT2D eigenvalue weighted by molar-refractivity contribution is 5.97. The van der Waals surface area contributed by atoms with Crippen LogP contribution in [0.15, 0.2) is 63.4 Å². The molecule has 1 aliphatic heterocycles. The SMILES string of the molecule is CC.CC(=O)/C(=C/c1cnc(Nc2cccc(-c3cc4oc(N5CCOCC5)cc(=O)c4cc3O)c2)nc1C)CC1CCCC1. The molecule has 2 aromatic carbocycles. The molecule has 1 saturated carbocycles. The number of nitrogens with one attached hydrogen (secondary N) is 1. The van der Waals surface area contributed by atoms with Crippen molar-refractivity contribution >= 4 is 40.3 Å². The second-order valence-corrected chi connectivity index (χ2v) is 11.4. The Labute approximate surface area is 264 Å². The van der Waals surface area contributed by atoms with E-state index in [1.54, 1.807) is 19.2 Å². The lowest BCUT2D eigenvalue weighted by atomic mass is 9.94. The molecule has 0 amide bonds. The molecule has 3 heterocycles. The number of Topliss-reactive ketones (excluding diaryl/α,β-unsaturated/α-hetero) is 1. The van der Waals surface area contributed by atoms with Gasteiger partial charge in [0.2, 0.25) is 5.95 Å². The van der Waals surface area contributed by atoms with Gasteiger partial charge >= 0.3 is 0 Å². The molecule has 2 fully saturated rings. The van der Waals surface area contributed by atoms with Gasteiger partial charge in [-0.15, -0.1) is 0 Å². The van der Waals surface area contributed by atoms with Gasteiger partial charge < -0.3 is 24.5 Å². The van der Waals surface area contributed by atoms with E-state index in [1.165, 1.54) is 37.8 Å². The predicted molar refractivity (Wildman–Crippen MR) is 179 cm³/mol. The normalized spacial score (nSPS) is 15.6. The fraction of sp³-hybridized carbons (Fsp3) is 0.389. The average molecular weight is 611 g/mol. The molecule has 0 bridgehead atoms. The van der Waals surface area contributed by atoms with Crippen molar-refractivity contribution in [2.75, 3.05) is 36.5 Å². The van der Waals surface area contributed by atoms with E-state index in [2.05, 4.69) is 15.3 Å². The quantitative estimate of drug-likeness (QED) is 0.196. The standard InChI is InChI=1S/C34H36N4O5.C2H6/c1-21-26(15-25(22(2)39)14-23-6-3-4-7-23)20-35-34(36-21)37-27-9-5-8-24(16-27)28-18-32-29(17-30(28)40)31(41)19-33(43-32)38-10-12-42-13-11-38;1-2/h5,8-9,15-20,23,40H,3-4,6-7,10-14H2,1-2H3,(H,35,36,37);1-2H3/b25-15+;. The minimum absolute atomic E-state index is 0.0156. The van der Waals surface area contributed by atoms with Gasteiger partial charge in [-0.25, -0.2) is 9.97 Å². The van der Waals surface area contributed by atoms with E-state index in [1.807, 2.05) is 56.0 Å². The number of nitrogens with zero attached hydrogens (tertiary/aromatic N) is 3. The number of carbonyl (C=O) groups excluding carboxylic acids is 1. The van der Waals surface area contributed by atoms with Crippen LogP contribution in [-0.4, -0.2) is 47.2 Å². The van der Waals surface area contributed by atoms with Crippen molar-refractivity contribution in [3.63, 3.8) is 0 Å². The monoisotopic (exact) mass is 610 g/mol. The summed E-state index contributed by atoms with van der Waals surface area (Å²) in [6.07, 6.45) is 9.34. The highest BCUT2D eigenvalue weighted by Gasteiger charge is 2.20. The maximum Gasteiger partial charge on any atom is 0.227 e. The maximum absolute atomic E-state index is 12.8. The number of hydrogen-bond acceptors (Lipinski definition) is 9. The number of aromatic hydroxyl groups is 1. The lowest BCUT2D eigenvalue weighted by molar-refractivity contribution is -0.113. The van der Waals surface area contributed by atoms with Crippen LogP contribution in [0.3, 0.4) is 0 Å². The fourth-order valence-corrected chi connectivity index (χ4v) is 5.94. The van der Waals surface area contributed by atoms with E-state index in [9.17, 15) is 14.7 Å². The number of ketones is 1. The van der Waals surface area contributed by atoms with Gasteiger partial charge in [0.1, 0.15) is 11.3 Å². The molecular weight excluding hydrogens is 568 g/mol. The van der Waals surface area contributed by atoms with Crippen molar-refractivity contribution in [1.82, 2.24) is 9.97 Å². The molecule has 2 aliphatic rings. The zero-order chi connectivity index (χ0) is 31.9. The number of phenols is 1. The molecule has 0 radical (unpaired) electrons. The Hall–Kier alpha value is -4.50. The van der Waals surface area contributed by atoms with Crippen molar-refractivity contribution in [1.29, 1.82) is 0 Å². The smallest absolute Gasteiger partial charge is 0.227 e. The summed E-state index contributed by atoms with van der Waals surface area (Å²) < 4.78 is 11.5. The van der Waals surface area contributed by atoms with Crippen LogP contribution >= 0.6 is 0 Å². The third-order valence-corrected chi connectivity index (χ3v) is 8.37. The average Bonchev–Trinajstić information content (AvgIpc) is 3.57. The van der Waals surface area contributed by atoms with E-state index in [4.69, 9.17) is 9.15 Å². The second-order valence-electron chi connectivity index (χ2n) is 11.4. The topological polar surface area (TPSA) is 118 Å². The van der Waals surface area contributed by atoms with Crippen LogP contribution < -0.4 is 15.6 Å². The van der Waals surface area contributed by atoms with Gasteiger partial charge in [0.15, 0.2) is 17.1 Å². The first-order valence-corrected chi connectivity index (χ1v) is 15.9. The molecule has 45 heavy (non-hydrogen) atoms. The maximum atomic E-state index is 12.8. The van der Waals surface area contributed by atoms with Crippen LogP contribution in [0, 0.1) is 12.8 Å². The Kier molecular flexibility index (Phi) is 10.3. The highest BCUT2D eigenvalue weighted by atomic mass is 16.5. The van der Waals surface area contributed by atoms with Gasteiger partial charge in [0, 0.05) is 42.2 Å². The lowest BCUT2D eigenvalue weighted by Gasteiger charge is -2.27. The molecule has 9 heteroatoms. The molecule has 1 aliphatic carbocycles. The number of benzene rings is 2. The number of allylic oxidation sites excluding steroid dienone is 1. The fourth-order valence-electron chi connectivity index (χ4n) is 5.94. The number of ether oxygens (including phenoxy) is 1. The summed E-state index contributed by atoms with van der Waals surface area (Å²) in [6, 6.07) is 12.1. The zero-order valence-electron chi connectivity index (χ0n) is 26.6. The first kappa shape index (κ1) is 31.9. The molecule has 4 aromatic rings. The summed E-state index contributed by atoms with van der Waals surface area (Å²) in [7, 11) is 0. The Morgan fingerprint density at radius 2 is 1.87 bits per heavy atom. The van der Waals surface area contributed by atoms with Crippen LogP contribution in [0.4, 0.5) is 17.5 Å². The van der Waals surface area contributed by atoms with E-state index < -0.39 is 0 Å². The Bertz CT molecular complexity index is 1750. The number of carbonyl (C=O) groups is 1. The number of aryl methyl sites for hydroxylation is 1. The Balaban J connectivity index is 0.00000196. The summed E-state index contributed by atoms with van der Waals surface area (Å²) in [6.45, 7) is 9.98. The van der Waals surface area contributed by atoms with E-state index in [0.717, 1.165) is 34.5 Å². The summed E-state index contributed by atoms with van der Waals surface area (Å²) in [5, 5.41) is 14.4. The summed E-state index contributed by atoms with van der Waals surface area (Å²) in [4.78, 5) is 36.3. The van der Waals surface area contributed by atoms with Gasteiger partial charge in [0.05, 0.1) is 24.3 Å². The minimum atomic E-state index is -0.209. The Morgan fingerprint density at radius 1 is 1.11 bits per heavy atom. The zero-order valence-corrected chi connectivity index (χ0v) is 26.6. The molecule has 2 aromatic heterocycles. The molecule has 0 atom stereocenters. The molecule has 236 valence electrons. The van der Waals surface area contributed by atoms with Gasteiger partial charge in [-0.05, 0) is 67.7 Å². The van der Waals surface area contributed by atoms with Crippen molar-refractivity contribution < 1.29 is 19.1 Å².